The number of amides is 1. The van der Waals surface area contributed by atoms with Crippen molar-refractivity contribution in [1.82, 2.24) is 4.90 Å². The van der Waals surface area contributed by atoms with Crippen molar-refractivity contribution in [1.29, 1.82) is 0 Å². The van der Waals surface area contributed by atoms with Crippen LogP contribution in [0.15, 0.2) is 145 Å². The van der Waals surface area contributed by atoms with Crippen LogP contribution in [-0.4, -0.2) is 47.3 Å². The van der Waals surface area contributed by atoms with Gasteiger partial charge in [-0.2, -0.15) is 0 Å². The number of ketones is 3. The summed E-state index contributed by atoms with van der Waals surface area (Å²) < 4.78 is 10.8. The standard InChI is InChI=1S/C33H29NO7/c35-26-16-9-6-4-2-1-3-5-7-12-19-28-20-15-22-30(41-28)31(37)32(38)34-24-14-13-21-29(34)33(39)40-25-23-27(36)18-11-8-10-17-26/h1-17,19-22H,18,23-25H2/b2-1-,5-3-,6-4-,11-8-,12-7-,16-9-,17-10-,28-19?. The second-order valence-electron chi connectivity index (χ2n) is 8.50. The Kier molecular flexibility index (Phi) is 12.2. The summed E-state index contributed by atoms with van der Waals surface area (Å²) in [5.41, 5.74) is -0.118. The molecule has 0 spiro atoms. The zero-order valence-corrected chi connectivity index (χ0v) is 22.3. The highest BCUT2D eigenvalue weighted by Gasteiger charge is 2.32. The van der Waals surface area contributed by atoms with E-state index in [9.17, 15) is 24.0 Å². The van der Waals surface area contributed by atoms with E-state index in [0.717, 1.165) is 4.90 Å². The molecule has 8 nitrogen and oxygen atoms in total. The van der Waals surface area contributed by atoms with Crippen molar-refractivity contribution in [2.75, 3.05) is 13.2 Å². The molecule has 0 saturated heterocycles. The lowest BCUT2D eigenvalue weighted by atomic mass is 10.1. The number of fused-ring (bicyclic) bond motifs is 3. The summed E-state index contributed by atoms with van der Waals surface area (Å²) in [6, 6.07) is 0. The van der Waals surface area contributed by atoms with Crippen LogP contribution in [0.1, 0.15) is 12.8 Å². The van der Waals surface area contributed by atoms with Crippen molar-refractivity contribution in [3.8, 4) is 0 Å². The molecule has 0 radical (unpaired) electrons. The zero-order chi connectivity index (χ0) is 29.3. The quantitative estimate of drug-likeness (QED) is 0.321. The van der Waals surface area contributed by atoms with Gasteiger partial charge >= 0.3 is 11.9 Å². The molecule has 3 heterocycles. The summed E-state index contributed by atoms with van der Waals surface area (Å²) in [4.78, 5) is 63.6. The van der Waals surface area contributed by atoms with Crippen molar-refractivity contribution in [3.63, 3.8) is 0 Å². The maximum absolute atomic E-state index is 13.0. The van der Waals surface area contributed by atoms with Crippen LogP contribution in [0.3, 0.4) is 0 Å². The first-order valence-electron chi connectivity index (χ1n) is 12.9. The minimum atomic E-state index is -0.954. The topological polar surface area (TPSA) is 107 Å². The lowest BCUT2D eigenvalue weighted by Gasteiger charge is -2.24. The Morgan fingerprint density at radius 2 is 1.32 bits per heavy atom. The molecule has 3 aliphatic rings. The van der Waals surface area contributed by atoms with Gasteiger partial charge in [-0.25, -0.2) is 4.79 Å². The number of carbonyl (C=O) groups is 5. The smallest absolute Gasteiger partial charge is 0.355 e. The Morgan fingerprint density at radius 3 is 2.07 bits per heavy atom. The Bertz CT molecular complexity index is 1420. The number of cyclic esters (lactones) is 1. The monoisotopic (exact) mass is 551 g/mol. The summed E-state index contributed by atoms with van der Waals surface area (Å²) in [6.45, 7) is -0.202. The van der Waals surface area contributed by atoms with E-state index in [1.807, 2.05) is 6.08 Å². The highest BCUT2D eigenvalue weighted by molar-refractivity contribution is 6.42. The van der Waals surface area contributed by atoms with E-state index in [-0.39, 0.29) is 49.0 Å². The van der Waals surface area contributed by atoms with Crippen LogP contribution in [0, 0.1) is 0 Å². The van der Waals surface area contributed by atoms with E-state index in [2.05, 4.69) is 0 Å². The Balaban J connectivity index is 1.75. The van der Waals surface area contributed by atoms with E-state index in [4.69, 9.17) is 9.47 Å². The lowest BCUT2D eigenvalue weighted by Crippen LogP contribution is -2.41. The molecule has 3 aliphatic heterocycles. The molecule has 0 aromatic heterocycles. The molecule has 0 saturated carbocycles. The molecule has 0 unspecified atom stereocenters. The van der Waals surface area contributed by atoms with Gasteiger partial charge in [0, 0.05) is 19.4 Å². The fraction of sp³-hybridized carbons (Fsp3) is 0.121. The number of carbonyl (C=O) groups excluding carboxylic acids is 5. The molecule has 0 aliphatic carbocycles. The van der Waals surface area contributed by atoms with Crippen LogP contribution in [0.2, 0.25) is 0 Å². The largest absolute Gasteiger partial charge is 0.461 e. The van der Waals surface area contributed by atoms with Crippen molar-refractivity contribution in [2.45, 2.75) is 12.8 Å². The van der Waals surface area contributed by atoms with Gasteiger partial charge in [-0.1, -0.05) is 91.1 Å². The number of Topliss-reactive ketones (excluding diaryl/α,β-unsaturated/α-hetero) is 2. The summed E-state index contributed by atoms with van der Waals surface area (Å²) >= 11 is 0. The maximum Gasteiger partial charge on any atom is 0.355 e. The van der Waals surface area contributed by atoms with Crippen molar-refractivity contribution < 1.29 is 33.4 Å². The number of esters is 1. The van der Waals surface area contributed by atoms with E-state index < -0.39 is 17.7 Å². The normalized spacial score (nSPS) is 24.9. The summed E-state index contributed by atoms with van der Waals surface area (Å²) in [5.74, 6) is -2.93. The Hall–Kier alpha value is -5.37. The predicted molar refractivity (Wildman–Crippen MR) is 155 cm³/mol. The first kappa shape index (κ1) is 30.2. The Morgan fingerprint density at radius 1 is 0.634 bits per heavy atom. The minimum absolute atomic E-state index is 0.00777. The molecular formula is C33H29NO7. The van der Waals surface area contributed by atoms with Gasteiger partial charge in [0.05, 0.1) is 6.61 Å². The third-order valence-corrected chi connectivity index (χ3v) is 5.45. The molecular weight excluding hydrogens is 522 g/mol. The highest BCUT2D eigenvalue weighted by atomic mass is 16.5. The summed E-state index contributed by atoms with van der Waals surface area (Å²) in [7, 11) is 0. The van der Waals surface area contributed by atoms with Crippen molar-refractivity contribution in [2.24, 2.45) is 0 Å². The number of hydrogen-bond donors (Lipinski definition) is 0. The van der Waals surface area contributed by atoms with Gasteiger partial charge in [-0.15, -0.1) is 0 Å². The average Bonchev–Trinajstić information content (AvgIpc) is 2.98. The third kappa shape index (κ3) is 10.4. The van der Waals surface area contributed by atoms with Crippen molar-refractivity contribution >= 4 is 29.2 Å². The SMILES string of the molecule is O=C1\C=C/C=C\C=C/C=C\C=C/C=C2C=CC=C(O2)C(=O)C(=O)N2CC=CC=C2C(=O)OCCC(=O)C/C=C\C=C/1. The van der Waals surface area contributed by atoms with E-state index in [1.54, 1.807) is 91.1 Å². The predicted octanol–water partition coefficient (Wildman–Crippen LogP) is 4.56. The number of hydrogen-bond acceptors (Lipinski definition) is 7. The van der Waals surface area contributed by atoms with Gasteiger partial charge in [-0.3, -0.25) is 24.1 Å². The van der Waals surface area contributed by atoms with Gasteiger partial charge in [-0.05, 0) is 36.5 Å². The average molecular weight is 552 g/mol. The molecule has 0 aromatic carbocycles. The molecule has 208 valence electrons. The van der Waals surface area contributed by atoms with Gasteiger partial charge in [0.15, 0.2) is 11.5 Å². The molecule has 2 bridgehead atoms. The van der Waals surface area contributed by atoms with Crippen molar-refractivity contribution in [3.05, 3.63) is 145 Å². The van der Waals surface area contributed by atoms with Gasteiger partial charge in [0.1, 0.15) is 17.2 Å². The van der Waals surface area contributed by atoms with Gasteiger partial charge in [0.2, 0.25) is 0 Å². The van der Waals surface area contributed by atoms with Crippen LogP contribution in [-0.2, 0) is 33.4 Å². The fourth-order valence-electron chi connectivity index (χ4n) is 3.42. The molecule has 0 atom stereocenters. The second-order valence-corrected chi connectivity index (χ2v) is 8.50. The number of allylic oxidation sites excluding steroid dienone is 20. The van der Waals surface area contributed by atoms with E-state index in [0.29, 0.717) is 5.76 Å². The molecule has 1 amide bonds. The molecule has 3 rings (SSSR count). The second kappa shape index (κ2) is 16.6. The number of ether oxygens (including phenoxy) is 2. The molecule has 0 aromatic rings. The summed E-state index contributed by atoms with van der Waals surface area (Å²) in [6.07, 6.45) is 34.2. The highest BCUT2D eigenvalue weighted by Crippen LogP contribution is 2.19. The minimum Gasteiger partial charge on any atom is -0.461 e. The lowest BCUT2D eigenvalue weighted by molar-refractivity contribution is -0.147. The molecule has 0 N–H and O–H groups in total. The summed E-state index contributed by atoms with van der Waals surface area (Å²) in [5, 5.41) is 0. The zero-order valence-electron chi connectivity index (χ0n) is 22.3. The number of rotatable bonds is 0. The first-order chi connectivity index (χ1) is 20.0. The Labute approximate surface area is 238 Å². The van der Waals surface area contributed by atoms with Crippen LogP contribution < -0.4 is 0 Å². The first-order valence-corrected chi connectivity index (χ1v) is 12.9. The van der Waals surface area contributed by atoms with Gasteiger partial charge in [0.25, 0.3) is 5.78 Å². The fourth-order valence-corrected chi connectivity index (χ4v) is 3.42. The van der Waals surface area contributed by atoms with Crippen LogP contribution >= 0.6 is 0 Å². The number of nitrogens with zero attached hydrogens (tertiary/aromatic N) is 1. The van der Waals surface area contributed by atoms with Gasteiger partial charge < -0.3 is 9.47 Å². The molecule has 0 fully saturated rings. The molecule has 8 heteroatoms. The van der Waals surface area contributed by atoms with Crippen LogP contribution in [0.4, 0.5) is 0 Å². The molecule has 41 heavy (non-hydrogen) atoms. The third-order valence-electron chi connectivity index (χ3n) is 5.45. The van der Waals surface area contributed by atoms with Crippen LogP contribution in [0.25, 0.3) is 0 Å². The maximum atomic E-state index is 13.0. The van der Waals surface area contributed by atoms with Crippen LogP contribution in [0.5, 0.6) is 0 Å². The van der Waals surface area contributed by atoms with E-state index in [1.165, 1.54) is 30.4 Å². The van der Waals surface area contributed by atoms with E-state index >= 15 is 0 Å².